The van der Waals surface area contributed by atoms with Crippen LogP contribution in [-0.2, 0) is 0 Å². The van der Waals surface area contributed by atoms with E-state index in [1.807, 2.05) is 12.1 Å². The summed E-state index contributed by atoms with van der Waals surface area (Å²) in [6.07, 6.45) is 0. The maximum absolute atomic E-state index is 10.8. The van der Waals surface area contributed by atoms with Gasteiger partial charge in [-0.2, -0.15) is 0 Å². The Hall–Kier alpha value is 0.350. The fourth-order valence-electron chi connectivity index (χ4n) is 0.670. The van der Waals surface area contributed by atoms with E-state index in [-0.39, 0.29) is 5.78 Å². The summed E-state index contributed by atoms with van der Waals surface area (Å²) in [5.41, 5.74) is 0.676. The Morgan fingerprint density at radius 1 is 1.27 bits per heavy atom. The summed E-state index contributed by atoms with van der Waals surface area (Å²) in [6, 6.07) is 5.55. The molecule has 1 aromatic rings. The van der Waals surface area contributed by atoms with Gasteiger partial charge in [-0.25, -0.2) is 0 Å². The normalized spacial score (nSPS) is 9.73. The van der Waals surface area contributed by atoms with Crippen molar-refractivity contribution in [2.75, 3.05) is 0 Å². The monoisotopic (exact) mass is 371 g/mol. The number of hydrogen-bond acceptors (Lipinski definition) is 1. The topological polar surface area (TPSA) is 17.1 Å². The van der Waals surface area contributed by atoms with Crippen LogP contribution in [0.1, 0.15) is 10.4 Å². The standard InChI is InChI=1S/C8H5I2O/c1-5(11)6-2-3-7(9)8(10)4-6/h2-4H,1H2. The number of rotatable bonds is 1. The third-order valence-corrected chi connectivity index (χ3v) is 4.11. The van der Waals surface area contributed by atoms with Gasteiger partial charge in [-0.3, -0.25) is 4.79 Å². The summed E-state index contributed by atoms with van der Waals surface area (Å²) in [5.74, 6) is -0.126. The number of carbonyl (C=O) groups excluding carboxylic acids is 1. The average Bonchev–Trinajstić information content (AvgIpc) is 1.94. The van der Waals surface area contributed by atoms with Crippen LogP contribution < -0.4 is 0 Å². The lowest BCUT2D eigenvalue weighted by Gasteiger charge is -1.97. The van der Waals surface area contributed by atoms with Crippen molar-refractivity contribution in [1.82, 2.24) is 0 Å². The molecule has 11 heavy (non-hydrogen) atoms. The first-order valence-electron chi connectivity index (χ1n) is 2.92. The lowest BCUT2D eigenvalue weighted by atomic mass is 10.2. The minimum atomic E-state index is -0.126. The van der Waals surface area contributed by atoms with Crippen LogP contribution in [0.15, 0.2) is 18.2 Å². The molecule has 0 aliphatic rings. The molecule has 0 aromatic heterocycles. The molecule has 1 radical (unpaired) electrons. The van der Waals surface area contributed by atoms with E-state index in [0.717, 1.165) is 7.14 Å². The predicted molar refractivity (Wildman–Crippen MR) is 61.6 cm³/mol. The highest BCUT2D eigenvalue weighted by atomic mass is 127. The summed E-state index contributed by atoms with van der Waals surface area (Å²) in [4.78, 5) is 10.8. The zero-order valence-corrected chi connectivity index (χ0v) is 9.92. The zero-order valence-electron chi connectivity index (χ0n) is 5.60. The van der Waals surface area contributed by atoms with Gasteiger partial charge in [-0.15, -0.1) is 0 Å². The van der Waals surface area contributed by atoms with Crippen LogP contribution in [0.5, 0.6) is 0 Å². The second kappa shape index (κ2) is 3.84. The summed E-state index contributed by atoms with van der Waals surface area (Å²) in [6.45, 7) is 3.33. The molecule has 0 saturated heterocycles. The van der Waals surface area contributed by atoms with Gasteiger partial charge in [0.2, 0.25) is 0 Å². The molecule has 0 spiro atoms. The number of benzene rings is 1. The van der Waals surface area contributed by atoms with Gasteiger partial charge in [0.15, 0.2) is 5.78 Å². The Balaban J connectivity index is 3.15. The van der Waals surface area contributed by atoms with Crippen molar-refractivity contribution in [2.45, 2.75) is 0 Å². The maximum atomic E-state index is 10.8. The second-order valence-corrected chi connectivity index (χ2v) is 4.38. The van der Waals surface area contributed by atoms with Gasteiger partial charge in [0, 0.05) is 19.6 Å². The first-order valence-corrected chi connectivity index (χ1v) is 5.08. The molecular formula is C8H5I2O. The number of halogens is 2. The van der Waals surface area contributed by atoms with E-state index in [4.69, 9.17) is 0 Å². The van der Waals surface area contributed by atoms with Gasteiger partial charge in [0.1, 0.15) is 0 Å². The fraction of sp³-hybridized carbons (Fsp3) is 0. The zero-order chi connectivity index (χ0) is 8.43. The number of hydrogen-bond donors (Lipinski definition) is 0. The Morgan fingerprint density at radius 2 is 1.91 bits per heavy atom. The van der Waals surface area contributed by atoms with Gasteiger partial charge in [-0.1, -0.05) is 6.07 Å². The van der Waals surface area contributed by atoms with Crippen molar-refractivity contribution in [3.63, 3.8) is 0 Å². The molecular weight excluding hydrogens is 366 g/mol. The van der Waals surface area contributed by atoms with Crippen LogP contribution in [0, 0.1) is 14.1 Å². The van der Waals surface area contributed by atoms with E-state index in [0.29, 0.717) is 5.56 Å². The van der Waals surface area contributed by atoms with Crippen LogP contribution >= 0.6 is 45.2 Å². The average molecular weight is 371 g/mol. The Bertz CT molecular complexity index is 294. The first-order chi connectivity index (χ1) is 5.11. The van der Waals surface area contributed by atoms with Crippen molar-refractivity contribution in [2.24, 2.45) is 0 Å². The van der Waals surface area contributed by atoms with E-state index in [2.05, 4.69) is 52.1 Å². The van der Waals surface area contributed by atoms with Crippen molar-refractivity contribution in [1.29, 1.82) is 0 Å². The third-order valence-electron chi connectivity index (χ3n) is 1.24. The van der Waals surface area contributed by atoms with E-state index >= 15 is 0 Å². The molecule has 0 fully saturated rings. The summed E-state index contributed by atoms with van der Waals surface area (Å²) in [5, 5.41) is 0. The molecule has 0 aliphatic heterocycles. The van der Waals surface area contributed by atoms with Gasteiger partial charge in [-0.05, 0) is 57.3 Å². The molecule has 0 unspecified atom stereocenters. The van der Waals surface area contributed by atoms with Gasteiger partial charge < -0.3 is 0 Å². The maximum Gasteiger partial charge on any atom is 0.163 e. The highest BCUT2D eigenvalue weighted by Crippen LogP contribution is 2.16. The van der Waals surface area contributed by atoms with Crippen LogP contribution in [-0.4, -0.2) is 5.78 Å². The van der Waals surface area contributed by atoms with Crippen LogP contribution in [0.4, 0.5) is 0 Å². The van der Waals surface area contributed by atoms with E-state index in [9.17, 15) is 4.79 Å². The minimum absolute atomic E-state index is 0.126. The van der Waals surface area contributed by atoms with Gasteiger partial charge in [0.05, 0.1) is 0 Å². The molecule has 0 aliphatic carbocycles. The van der Waals surface area contributed by atoms with E-state index in [1.165, 1.54) is 0 Å². The molecule has 0 N–H and O–H groups in total. The summed E-state index contributed by atoms with van der Waals surface area (Å²) >= 11 is 4.42. The molecule has 0 amide bonds. The quantitative estimate of drug-likeness (QED) is 0.548. The highest BCUT2D eigenvalue weighted by Gasteiger charge is 2.01. The number of ketones is 1. The molecule has 1 aromatic carbocycles. The van der Waals surface area contributed by atoms with Crippen molar-refractivity contribution < 1.29 is 4.79 Å². The van der Waals surface area contributed by atoms with Crippen molar-refractivity contribution in [3.8, 4) is 0 Å². The predicted octanol–water partition coefficient (Wildman–Crippen LogP) is 2.91. The SMILES string of the molecule is [CH2]C(=O)c1ccc(I)c(I)c1. The smallest absolute Gasteiger partial charge is 0.163 e. The third kappa shape index (κ3) is 2.40. The lowest BCUT2D eigenvalue weighted by molar-refractivity contribution is 0.104. The molecule has 57 valence electrons. The largest absolute Gasteiger partial charge is 0.294 e. The highest BCUT2D eigenvalue weighted by molar-refractivity contribution is 14.1. The number of Topliss-reactive ketones (excluding diaryl/α,β-unsaturated/α-hetero) is 1. The van der Waals surface area contributed by atoms with Gasteiger partial charge in [0.25, 0.3) is 0 Å². The molecule has 3 heteroatoms. The Kier molecular flexibility index (Phi) is 3.29. The van der Waals surface area contributed by atoms with E-state index < -0.39 is 0 Å². The Morgan fingerprint density at radius 3 is 2.36 bits per heavy atom. The van der Waals surface area contributed by atoms with E-state index in [1.54, 1.807) is 6.07 Å². The first kappa shape index (κ1) is 9.44. The molecule has 0 heterocycles. The molecule has 1 nitrogen and oxygen atoms in total. The number of carbonyl (C=O) groups is 1. The Labute approximate surface area is 92.8 Å². The molecule has 0 saturated carbocycles. The van der Waals surface area contributed by atoms with Crippen LogP contribution in [0.25, 0.3) is 0 Å². The lowest BCUT2D eigenvalue weighted by Crippen LogP contribution is -1.93. The van der Waals surface area contributed by atoms with Gasteiger partial charge >= 0.3 is 0 Å². The van der Waals surface area contributed by atoms with Crippen molar-refractivity contribution in [3.05, 3.63) is 37.8 Å². The minimum Gasteiger partial charge on any atom is -0.294 e. The molecule has 0 atom stereocenters. The fourth-order valence-corrected chi connectivity index (χ4v) is 1.52. The van der Waals surface area contributed by atoms with Crippen molar-refractivity contribution >= 4 is 51.0 Å². The second-order valence-electron chi connectivity index (χ2n) is 2.05. The molecule has 1 rings (SSSR count). The molecule has 0 bridgehead atoms. The summed E-state index contributed by atoms with van der Waals surface area (Å²) in [7, 11) is 0. The van der Waals surface area contributed by atoms with Crippen LogP contribution in [0.3, 0.4) is 0 Å². The van der Waals surface area contributed by atoms with Crippen LogP contribution in [0.2, 0.25) is 0 Å². The summed E-state index contributed by atoms with van der Waals surface area (Å²) < 4.78 is 2.26.